The number of anilines is 1. The number of aromatic nitrogens is 4. The Balaban J connectivity index is 1.79. The van der Waals surface area contributed by atoms with Crippen LogP contribution >= 0.6 is 11.3 Å². The van der Waals surface area contributed by atoms with E-state index in [2.05, 4.69) is 63.8 Å². The lowest BCUT2D eigenvalue weighted by Crippen LogP contribution is -2.10. The fraction of sp³-hybridized carbons (Fsp3) is 0.120. The summed E-state index contributed by atoms with van der Waals surface area (Å²) in [7, 11) is 1.69. The molecule has 5 aromatic rings. The number of benzene rings is 2. The average molecular weight is 440 g/mol. The standard InChI is InChI=1S/C25H21N5OS/c1-31-15-14-27-24-21-20(17-8-4-2-5-9-17)22(18-10-6-3-7-11-18)32-25(21)30-23(29-24)19-12-13-26-16-28-19/h2-13,16H,14-15H2,1H3,(H,27,29,30). The summed E-state index contributed by atoms with van der Waals surface area (Å²) in [6.45, 7) is 1.21. The molecule has 0 radical (unpaired) electrons. The van der Waals surface area contributed by atoms with Gasteiger partial charge in [-0.3, -0.25) is 0 Å². The fourth-order valence-electron chi connectivity index (χ4n) is 3.61. The first-order chi connectivity index (χ1) is 15.8. The second-order valence-electron chi connectivity index (χ2n) is 7.13. The van der Waals surface area contributed by atoms with Crippen molar-refractivity contribution < 1.29 is 4.74 Å². The SMILES string of the molecule is COCCNc1nc(-c2ccncn2)nc2sc(-c3ccccc3)c(-c3ccccc3)c12. The van der Waals surface area contributed by atoms with Crippen LogP contribution in [0.4, 0.5) is 5.82 Å². The summed E-state index contributed by atoms with van der Waals surface area (Å²) in [5.74, 6) is 1.35. The first-order valence-corrected chi connectivity index (χ1v) is 11.1. The maximum absolute atomic E-state index is 5.26. The van der Waals surface area contributed by atoms with Gasteiger partial charge in [-0.05, 0) is 17.2 Å². The van der Waals surface area contributed by atoms with Crippen molar-refractivity contribution in [1.82, 2.24) is 19.9 Å². The van der Waals surface area contributed by atoms with Gasteiger partial charge in [-0.2, -0.15) is 0 Å². The number of rotatable bonds is 7. The molecule has 158 valence electrons. The monoisotopic (exact) mass is 439 g/mol. The van der Waals surface area contributed by atoms with Crippen LogP contribution < -0.4 is 5.32 Å². The fourth-order valence-corrected chi connectivity index (χ4v) is 4.81. The third-order valence-electron chi connectivity index (χ3n) is 5.06. The Bertz CT molecular complexity index is 1320. The quantitative estimate of drug-likeness (QED) is 0.336. The number of hydrogen-bond acceptors (Lipinski definition) is 7. The Labute approximate surface area is 190 Å². The molecule has 0 spiro atoms. The first-order valence-electron chi connectivity index (χ1n) is 10.3. The van der Waals surface area contributed by atoms with Crippen molar-refractivity contribution in [3.05, 3.63) is 79.3 Å². The summed E-state index contributed by atoms with van der Waals surface area (Å²) in [5, 5.41) is 4.47. The van der Waals surface area contributed by atoms with Crippen LogP contribution in [0.2, 0.25) is 0 Å². The molecule has 2 aromatic carbocycles. The van der Waals surface area contributed by atoms with E-state index >= 15 is 0 Å². The molecule has 1 N–H and O–H groups in total. The maximum Gasteiger partial charge on any atom is 0.181 e. The van der Waals surface area contributed by atoms with E-state index in [9.17, 15) is 0 Å². The van der Waals surface area contributed by atoms with E-state index in [1.165, 1.54) is 6.33 Å². The van der Waals surface area contributed by atoms with Crippen LogP contribution in [-0.4, -0.2) is 40.2 Å². The van der Waals surface area contributed by atoms with E-state index < -0.39 is 0 Å². The van der Waals surface area contributed by atoms with Crippen molar-refractivity contribution in [2.24, 2.45) is 0 Å². The zero-order valence-electron chi connectivity index (χ0n) is 17.5. The molecule has 0 fully saturated rings. The number of methoxy groups -OCH3 is 1. The Hall–Kier alpha value is -3.68. The number of nitrogens with zero attached hydrogens (tertiary/aromatic N) is 4. The van der Waals surface area contributed by atoms with Crippen LogP contribution in [0.15, 0.2) is 79.3 Å². The van der Waals surface area contributed by atoms with E-state index in [1.54, 1.807) is 24.6 Å². The van der Waals surface area contributed by atoms with E-state index in [1.807, 2.05) is 18.2 Å². The van der Waals surface area contributed by atoms with Gasteiger partial charge >= 0.3 is 0 Å². The van der Waals surface area contributed by atoms with Crippen molar-refractivity contribution >= 4 is 27.4 Å². The average Bonchev–Trinajstić information content (AvgIpc) is 3.25. The molecule has 0 aliphatic heterocycles. The van der Waals surface area contributed by atoms with Crippen molar-refractivity contribution in [2.45, 2.75) is 0 Å². The molecule has 0 bridgehead atoms. The largest absolute Gasteiger partial charge is 0.383 e. The highest BCUT2D eigenvalue weighted by Gasteiger charge is 2.22. The molecule has 7 heteroatoms. The minimum Gasteiger partial charge on any atom is -0.383 e. The van der Waals surface area contributed by atoms with E-state index in [0.29, 0.717) is 24.7 Å². The highest BCUT2D eigenvalue weighted by Crippen LogP contribution is 2.46. The third-order valence-corrected chi connectivity index (χ3v) is 6.19. The summed E-state index contributed by atoms with van der Waals surface area (Å²) >= 11 is 1.67. The van der Waals surface area contributed by atoms with Crippen molar-refractivity contribution in [3.8, 4) is 33.1 Å². The first kappa shape index (κ1) is 20.2. The molecular formula is C25H21N5OS. The highest BCUT2D eigenvalue weighted by atomic mass is 32.1. The van der Waals surface area contributed by atoms with Crippen molar-refractivity contribution in [2.75, 3.05) is 25.6 Å². The van der Waals surface area contributed by atoms with Crippen LogP contribution in [0.25, 0.3) is 43.3 Å². The van der Waals surface area contributed by atoms with E-state index in [-0.39, 0.29) is 0 Å². The van der Waals surface area contributed by atoms with Gasteiger partial charge in [0.2, 0.25) is 0 Å². The molecule has 0 saturated heterocycles. The van der Waals surface area contributed by atoms with Gasteiger partial charge in [0, 0.05) is 30.3 Å². The summed E-state index contributed by atoms with van der Waals surface area (Å²) < 4.78 is 5.26. The number of fused-ring (bicyclic) bond motifs is 1. The van der Waals surface area contributed by atoms with E-state index in [0.717, 1.165) is 37.6 Å². The van der Waals surface area contributed by atoms with Gasteiger partial charge in [0.1, 0.15) is 22.7 Å². The second-order valence-corrected chi connectivity index (χ2v) is 8.13. The predicted octanol–water partition coefficient (Wildman–Crippen LogP) is 5.54. The van der Waals surface area contributed by atoms with Gasteiger partial charge in [-0.15, -0.1) is 11.3 Å². The van der Waals surface area contributed by atoms with Crippen LogP contribution in [0.5, 0.6) is 0 Å². The minimum atomic E-state index is 0.570. The van der Waals surface area contributed by atoms with Gasteiger partial charge < -0.3 is 10.1 Å². The Kier molecular flexibility index (Phi) is 5.83. The summed E-state index contributed by atoms with van der Waals surface area (Å²) in [6.07, 6.45) is 3.22. The molecule has 32 heavy (non-hydrogen) atoms. The van der Waals surface area contributed by atoms with Crippen molar-refractivity contribution in [1.29, 1.82) is 0 Å². The molecule has 0 unspecified atom stereocenters. The molecule has 3 aromatic heterocycles. The molecule has 5 rings (SSSR count). The topological polar surface area (TPSA) is 72.8 Å². The summed E-state index contributed by atoms with van der Waals surface area (Å²) in [5.41, 5.74) is 4.10. The Morgan fingerprint density at radius 3 is 2.34 bits per heavy atom. The summed E-state index contributed by atoms with van der Waals surface area (Å²) in [4.78, 5) is 20.2. The van der Waals surface area contributed by atoms with Crippen LogP contribution in [-0.2, 0) is 4.74 Å². The molecule has 3 heterocycles. The molecule has 0 saturated carbocycles. The predicted molar refractivity (Wildman–Crippen MR) is 130 cm³/mol. The normalized spacial score (nSPS) is 11.0. The zero-order chi connectivity index (χ0) is 21.8. The number of nitrogens with one attached hydrogen (secondary N) is 1. The lowest BCUT2D eigenvalue weighted by atomic mass is 9.99. The lowest BCUT2D eigenvalue weighted by Gasteiger charge is -2.11. The van der Waals surface area contributed by atoms with Crippen LogP contribution in [0, 0.1) is 0 Å². The van der Waals surface area contributed by atoms with E-state index in [4.69, 9.17) is 14.7 Å². The van der Waals surface area contributed by atoms with Gasteiger partial charge in [-0.1, -0.05) is 60.7 Å². The second kappa shape index (κ2) is 9.21. The molecule has 6 nitrogen and oxygen atoms in total. The Morgan fingerprint density at radius 1 is 0.906 bits per heavy atom. The number of hydrogen-bond donors (Lipinski definition) is 1. The van der Waals surface area contributed by atoms with Crippen LogP contribution in [0.3, 0.4) is 0 Å². The maximum atomic E-state index is 5.26. The van der Waals surface area contributed by atoms with Gasteiger partial charge in [-0.25, -0.2) is 19.9 Å². The molecule has 0 aliphatic rings. The number of thiophene rings is 1. The molecule has 0 atom stereocenters. The number of ether oxygens (including phenoxy) is 1. The Morgan fingerprint density at radius 2 is 1.66 bits per heavy atom. The molecule has 0 aliphatic carbocycles. The minimum absolute atomic E-state index is 0.570. The summed E-state index contributed by atoms with van der Waals surface area (Å²) in [6, 6.07) is 22.6. The smallest absolute Gasteiger partial charge is 0.181 e. The van der Waals surface area contributed by atoms with Gasteiger partial charge in [0.05, 0.1) is 12.0 Å². The van der Waals surface area contributed by atoms with Gasteiger partial charge in [0.25, 0.3) is 0 Å². The zero-order valence-corrected chi connectivity index (χ0v) is 18.3. The van der Waals surface area contributed by atoms with Gasteiger partial charge in [0.15, 0.2) is 5.82 Å². The van der Waals surface area contributed by atoms with Crippen molar-refractivity contribution in [3.63, 3.8) is 0 Å². The third kappa shape index (κ3) is 3.95. The van der Waals surface area contributed by atoms with Crippen LogP contribution in [0.1, 0.15) is 0 Å². The highest BCUT2D eigenvalue weighted by molar-refractivity contribution is 7.22. The molecule has 0 amide bonds. The lowest BCUT2D eigenvalue weighted by molar-refractivity contribution is 0.210. The molecular weight excluding hydrogens is 418 g/mol.